The van der Waals surface area contributed by atoms with Crippen molar-refractivity contribution in [1.29, 1.82) is 0 Å². The first kappa shape index (κ1) is 11.3. The maximum Gasteiger partial charge on any atom is 0.109 e. The van der Waals surface area contributed by atoms with Crippen LogP contribution in [0.5, 0.6) is 0 Å². The minimum Gasteiger partial charge on any atom is -0.308 e. The van der Waals surface area contributed by atoms with Crippen LogP contribution < -0.4 is 5.32 Å². The van der Waals surface area contributed by atoms with E-state index in [1.165, 1.54) is 5.56 Å². The van der Waals surface area contributed by atoms with Crippen molar-refractivity contribution < 1.29 is 0 Å². The molecule has 0 saturated heterocycles. The molecular formula is C13H16N2S. The third-order valence-corrected chi connectivity index (χ3v) is 3.49. The molecule has 0 aliphatic heterocycles. The molecule has 0 radical (unpaired) electrons. The normalized spacial score (nSPS) is 12.6. The van der Waals surface area contributed by atoms with Gasteiger partial charge in [0, 0.05) is 11.6 Å². The molecule has 1 unspecified atom stereocenters. The van der Waals surface area contributed by atoms with Gasteiger partial charge in [0.2, 0.25) is 0 Å². The molecule has 3 heteroatoms. The number of benzene rings is 1. The van der Waals surface area contributed by atoms with Gasteiger partial charge >= 0.3 is 0 Å². The van der Waals surface area contributed by atoms with Gasteiger partial charge in [0.15, 0.2) is 0 Å². The molecule has 84 valence electrons. The second-order valence-corrected chi connectivity index (χ2v) is 4.71. The summed E-state index contributed by atoms with van der Waals surface area (Å²) in [5.41, 5.74) is 1.38. The van der Waals surface area contributed by atoms with E-state index in [-0.39, 0.29) is 0 Å². The summed E-state index contributed by atoms with van der Waals surface area (Å²) in [6.07, 6.45) is 2.92. The molecule has 0 aliphatic carbocycles. The van der Waals surface area contributed by atoms with E-state index in [1.54, 1.807) is 11.3 Å². The maximum atomic E-state index is 4.30. The monoisotopic (exact) mass is 232 g/mol. The Kier molecular flexibility index (Phi) is 4.08. The van der Waals surface area contributed by atoms with Crippen LogP contribution in [-0.2, 0) is 6.42 Å². The molecule has 2 nitrogen and oxygen atoms in total. The van der Waals surface area contributed by atoms with Crippen molar-refractivity contribution in [2.45, 2.75) is 19.4 Å². The number of nitrogens with one attached hydrogen (secondary N) is 1. The largest absolute Gasteiger partial charge is 0.308 e. The van der Waals surface area contributed by atoms with Crippen LogP contribution in [0.25, 0.3) is 0 Å². The molecule has 1 atom stereocenters. The number of hydrogen-bond acceptors (Lipinski definition) is 3. The molecule has 16 heavy (non-hydrogen) atoms. The summed E-state index contributed by atoms with van der Waals surface area (Å²) in [6.45, 7) is 3.15. The topological polar surface area (TPSA) is 24.9 Å². The summed E-state index contributed by atoms with van der Waals surface area (Å²) in [5, 5.41) is 6.66. The van der Waals surface area contributed by atoms with Gasteiger partial charge in [-0.1, -0.05) is 30.3 Å². The van der Waals surface area contributed by atoms with Crippen LogP contribution in [0.15, 0.2) is 41.9 Å². The van der Waals surface area contributed by atoms with E-state index >= 15 is 0 Å². The smallest absolute Gasteiger partial charge is 0.109 e. The Morgan fingerprint density at radius 3 is 2.81 bits per heavy atom. The number of thiazole rings is 1. The van der Waals surface area contributed by atoms with E-state index in [0.717, 1.165) is 18.0 Å². The maximum absolute atomic E-state index is 4.30. The van der Waals surface area contributed by atoms with Crippen molar-refractivity contribution >= 4 is 11.3 Å². The Balaban J connectivity index is 1.76. The van der Waals surface area contributed by atoms with Crippen LogP contribution in [0.4, 0.5) is 0 Å². The molecule has 1 aromatic carbocycles. The molecule has 1 heterocycles. The molecule has 0 bridgehead atoms. The predicted molar refractivity (Wildman–Crippen MR) is 68.7 cm³/mol. The van der Waals surface area contributed by atoms with Crippen molar-refractivity contribution in [3.05, 3.63) is 52.5 Å². The number of aromatic nitrogens is 1. The SMILES string of the molecule is CC(NCCc1ccccc1)c1nccs1. The standard InChI is InChI=1S/C13H16N2S/c1-11(13-15-9-10-16-13)14-8-7-12-5-3-2-4-6-12/h2-6,9-11,14H,7-8H2,1H3. The number of nitrogens with zero attached hydrogens (tertiary/aromatic N) is 1. The Labute approximate surface area is 100 Å². The van der Waals surface area contributed by atoms with E-state index in [9.17, 15) is 0 Å². The Bertz CT molecular complexity index is 397. The molecule has 1 N–H and O–H groups in total. The first-order valence-corrected chi connectivity index (χ1v) is 6.41. The van der Waals surface area contributed by atoms with Gasteiger partial charge in [0.1, 0.15) is 5.01 Å². The zero-order valence-corrected chi connectivity index (χ0v) is 10.2. The molecule has 2 rings (SSSR count). The van der Waals surface area contributed by atoms with Crippen LogP contribution in [0.3, 0.4) is 0 Å². The van der Waals surface area contributed by atoms with Gasteiger partial charge in [0.05, 0.1) is 6.04 Å². The lowest BCUT2D eigenvalue weighted by molar-refractivity contribution is 0.574. The van der Waals surface area contributed by atoms with Crippen molar-refractivity contribution in [2.24, 2.45) is 0 Å². The lowest BCUT2D eigenvalue weighted by Gasteiger charge is -2.10. The molecule has 0 spiro atoms. The molecule has 2 aromatic rings. The first-order valence-electron chi connectivity index (χ1n) is 5.53. The van der Waals surface area contributed by atoms with Crippen LogP contribution in [-0.4, -0.2) is 11.5 Å². The average molecular weight is 232 g/mol. The van der Waals surface area contributed by atoms with E-state index in [4.69, 9.17) is 0 Å². The van der Waals surface area contributed by atoms with Crippen molar-refractivity contribution in [3.8, 4) is 0 Å². The summed E-state index contributed by atoms with van der Waals surface area (Å²) in [6, 6.07) is 10.9. The second-order valence-electron chi connectivity index (χ2n) is 3.78. The van der Waals surface area contributed by atoms with Gasteiger partial charge in [-0.05, 0) is 25.5 Å². The molecule has 0 fully saturated rings. The highest BCUT2D eigenvalue weighted by molar-refractivity contribution is 7.09. The van der Waals surface area contributed by atoms with Crippen molar-refractivity contribution in [1.82, 2.24) is 10.3 Å². The fraction of sp³-hybridized carbons (Fsp3) is 0.308. The van der Waals surface area contributed by atoms with E-state index in [1.807, 2.05) is 11.6 Å². The zero-order valence-electron chi connectivity index (χ0n) is 9.39. The van der Waals surface area contributed by atoms with E-state index in [2.05, 4.69) is 47.6 Å². The van der Waals surface area contributed by atoms with Crippen LogP contribution in [0.1, 0.15) is 23.5 Å². The second kappa shape index (κ2) is 5.77. The lowest BCUT2D eigenvalue weighted by atomic mass is 10.1. The number of rotatable bonds is 5. The lowest BCUT2D eigenvalue weighted by Crippen LogP contribution is -2.21. The fourth-order valence-corrected chi connectivity index (χ4v) is 2.28. The summed E-state index contributed by atoms with van der Waals surface area (Å²) in [7, 11) is 0. The third-order valence-electron chi connectivity index (χ3n) is 2.53. The summed E-state index contributed by atoms with van der Waals surface area (Å²) in [4.78, 5) is 4.30. The average Bonchev–Trinajstić information content (AvgIpc) is 2.84. The molecule has 0 saturated carbocycles. The Hall–Kier alpha value is -1.19. The van der Waals surface area contributed by atoms with Gasteiger partial charge in [-0.2, -0.15) is 0 Å². The van der Waals surface area contributed by atoms with Crippen molar-refractivity contribution in [3.63, 3.8) is 0 Å². The van der Waals surface area contributed by atoms with Crippen molar-refractivity contribution in [2.75, 3.05) is 6.54 Å². The highest BCUT2D eigenvalue weighted by Gasteiger charge is 2.05. The summed E-state index contributed by atoms with van der Waals surface area (Å²) < 4.78 is 0. The van der Waals surface area contributed by atoms with Crippen LogP contribution >= 0.6 is 11.3 Å². The van der Waals surface area contributed by atoms with E-state index in [0.29, 0.717) is 6.04 Å². The highest BCUT2D eigenvalue weighted by Crippen LogP contribution is 2.14. The summed E-state index contributed by atoms with van der Waals surface area (Å²) in [5.74, 6) is 0. The van der Waals surface area contributed by atoms with Gasteiger partial charge < -0.3 is 5.32 Å². The molecule has 0 amide bonds. The Morgan fingerprint density at radius 2 is 2.12 bits per heavy atom. The quantitative estimate of drug-likeness (QED) is 0.857. The zero-order chi connectivity index (χ0) is 11.2. The number of hydrogen-bond donors (Lipinski definition) is 1. The molecule has 0 aliphatic rings. The highest BCUT2D eigenvalue weighted by atomic mass is 32.1. The predicted octanol–water partition coefficient (Wildman–Crippen LogP) is 3.04. The molecular weight excluding hydrogens is 216 g/mol. The summed E-state index contributed by atoms with van der Waals surface area (Å²) >= 11 is 1.70. The first-order chi connectivity index (χ1) is 7.86. The van der Waals surface area contributed by atoms with Gasteiger partial charge in [-0.3, -0.25) is 0 Å². The van der Waals surface area contributed by atoms with E-state index < -0.39 is 0 Å². The minimum absolute atomic E-state index is 0.351. The fourth-order valence-electron chi connectivity index (χ4n) is 1.61. The minimum atomic E-state index is 0.351. The van der Waals surface area contributed by atoms with Gasteiger partial charge in [-0.15, -0.1) is 11.3 Å². The van der Waals surface area contributed by atoms with Crippen LogP contribution in [0, 0.1) is 0 Å². The third kappa shape index (κ3) is 3.15. The van der Waals surface area contributed by atoms with Gasteiger partial charge in [0.25, 0.3) is 0 Å². The van der Waals surface area contributed by atoms with Gasteiger partial charge in [-0.25, -0.2) is 4.98 Å². The Morgan fingerprint density at radius 1 is 1.31 bits per heavy atom. The van der Waals surface area contributed by atoms with Crippen LogP contribution in [0.2, 0.25) is 0 Å². The molecule has 1 aromatic heterocycles.